The van der Waals surface area contributed by atoms with E-state index in [0.717, 1.165) is 5.56 Å². The first-order valence-electron chi connectivity index (χ1n) is 12.8. The number of carbonyl (C=O) groups excluding carboxylic acids is 2. The number of carbonyl (C=O) groups is 2. The molecule has 2 N–H and O–H groups in total. The van der Waals surface area contributed by atoms with E-state index in [-0.39, 0.29) is 35.5 Å². The molecular formula is C31H33NO7. The Morgan fingerprint density at radius 1 is 1.00 bits per heavy atom. The quantitative estimate of drug-likeness (QED) is 0.213. The van der Waals surface area contributed by atoms with Gasteiger partial charge in [-0.15, -0.1) is 0 Å². The van der Waals surface area contributed by atoms with Crippen molar-refractivity contribution in [1.29, 1.82) is 0 Å². The molecule has 3 aromatic rings. The molecule has 8 nitrogen and oxygen atoms in total. The van der Waals surface area contributed by atoms with Gasteiger partial charge in [-0.1, -0.05) is 24.3 Å². The third-order valence-electron chi connectivity index (χ3n) is 6.48. The lowest BCUT2D eigenvalue weighted by Gasteiger charge is -2.26. The van der Waals surface area contributed by atoms with Crippen LogP contribution in [0.2, 0.25) is 0 Å². The number of para-hydroxylation sites is 1. The van der Waals surface area contributed by atoms with Crippen LogP contribution in [0.25, 0.3) is 5.76 Å². The van der Waals surface area contributed by atoms with Crippen molar-refractivity contribution in [2.75, 3.05) is 13.7 Å². The van der Waals surface area contributed by atoms with Crippen LogP contribution >= 0.6 is 0 Å². The van der Waals surface area contributed by atoms with E-state index >= 15 is 0 Å². The normalized spacial score (nSPS) is 16.6. The Morgan fingerprint density at radius 2 is 1.74 bits per heavy atom. The van der Waals surface area contributed by atoms with E-state index in [2.05, 4.69) is 0 Å². The molecule has 204 valence electrons. The minimum atomic E-state index is -0.943. The molecule has 4 rings (SSSR count). The predicted octanol–water partition coefficient (Wildman–Crippen LogP) is 5.52. The summed E-state index contributed by atoms with van der Waals surface area (Å²) in [6, 6.07) is 16.0. The number of hydrogen-bond donors (Lipinski definition) is 2. The summed E-state index contributed by atoms with van der Waals surface area (Å²) in [4.78, 5) is 28.3. The molecule has 1 aliphatic rings. The highest BCUT2D eigenvalue weighted by Crippen LogP contribution is 2.43. The predicted molar refractivity (Wildman–Crippen MR) is 147 cm³/mol. The fraction of sp³-hybridized carbons (Fsp3) is 0.290. The summed E-state index contributed by atoms with van der Waals surface area (Å²) in [6.45, 7) is 7.84. The Kier molecular flexibility index (Phi) is 8.14. The number of aryl methyl sites for hydroxylation is 1. The van der Waals surface area contributed by atoms with Crippen LogP contribution in [0.1, 0.15) is 49.1 Å². The van der Waals surface area contributed by atoms with Crippen LogP contribution in [-0.2, 0) is 16.1 Å². The summed E-state index contributed by atoms with van der Waals surface area (Å²) in [5.41, 5.74) is 2.30. The third-order valence-corrected chi connectivity index (χ3v) is 6.48. The van der Waals surface area contributed by atoms with Gasteiger partial charge in [-0.05, 0) is 75.2 Å². The van der Waals surface area contributed by atoms with Gasteiger partial charge in [-0.2, -0.15) is 0 Å². The number of aliphatic hydroxyl groups excluding tert-OH is 1. The molecule has 1 amide bonds. The summed E-state index contributed by atoms with van der Waals surface area (Å²) in [5, 5.41) is 21.8. The van der Waals surface area contributed by atoms with Crippen molar-refractivity contribution in [3.8, 4) is 23.0 Å². The zero-order chi connectivity index (χ0) is 28.3. The van der Waals surface area contributed by atoms with Crippen molar-refractivity contribution in [1.82, 2.24) is 4.90 Å². The van der Waals surface area contributed by atoms with Gasteiger partial charge in [0.25, 0.3) is 11.7 Å². The minimum absolute atomic E-state index is 0.0301. The number of phenols is 1. The number of ketones is 1. The van der Waals surface area contributed by atoms with Crippen molar-refractivity contribution in [3.63, 3.8) is 0 Å². The standard InChI is InChI=1S/C31H33NO7/c1-6-38-26-16-20(11-13-23(26)33)28-27(29(34)21-12-14-24(19(4)15-21)39-18(2)3)30(35)31(36)32(28)17-22-9-7-8-10-25(22)37-5/h7-16,18,28,33-34H,6,17H2,1-5H3/b29-27-. The lowest BCUT2D eigenvalue weighted by Crippen LogP contribution is -2.29. The van der Waals surface area contributed by atoms with E-state index in [1.54, 1.807) is 43.3 Å². The van der Waals surface area contributed by atoms with Gasteiger partial charge in [0.1, 0.15) is 17.3 Å². The number of Topliss-reactive ketones (excluding diaryl/α,β-unsaturated/α-hetero) is 1. The van der Waals surface area contributed by atoms with Gasteiger partial charge in [0, 0.05) is 11.1 Å². The molecule has 1 atom stereocenters. The maximum atomic E-state index is 13.5. The molecule has 0 radical (unpaired) electrons. The number of nitrogens with zero attached hydrogens (tertiary/aromatic N) is 1. The maximum absolute atomic E-state index is 13.5. The first-order chi connectivity index (χ1) is 18.7. The van der Waals surface area contributed by atoms with Crippen molar-refractivity contribution in [2.24, 2.45) is 0 Å². The fourth-order valence-electron chi connectivity index (χ4n) is 4.72. The smallest absolute Gasteiger partial charge is 0.295 e. The monoisotopic (exact) mass is 531 g/mol. The number of amides is 1. The number of benzene rings is 3. The number of methoxy groups -OCH3 is 1. The summed E-state index contributed by atoms with van der Waals surface area (Å²) < 4.78 is 16.9. The van der Waals surface area contributed by atoms with Gasteiger partial charge in [-0.25, -0.2) is 0 Å². The second-order valence-corrected chi connectivity index (χ2v) is 9.55. The number of aliphatic hydroxyl groups is 1. The molecule has 0 bridgehead atoms. The number of likely N-dealkylation sites (tertiary alicyclic amines) is 1. The zero-order valence-electron chi connectivity index (χ0n) is 22.7. The lowest BCUT2D eigenvalue weighted by molar-refractivity contribution is -0.140. The van der Waals surface area contributed by atoms with Crippen molar-refractivity contribution < 1.29 is 34.0 Å². The first kappa shape index (κ1) is 27.6. The van der Waals surface area contributed by atoms with Gasteiger partial charge in [0.05, 0.1) is 38.0 Å². The Balaban J connectivity index is 1.88. The van der Waals surface area contributed by atoms with Crippen LogP contribution in [-0.4, -0.2) is 46.6 Å². The Labute approximate surface area is 228 Å². The maximum Gasteiger partial charge on any atom is 0.295 e. The Bertz CT molecular complexity index is 1430. The fourth-order valence-corrected chi connectivity index (χ4v) is 4.72. The Hall–Kier alpha value is -4.46. The van der Waals surface area contributed by atoms with Crippen molar-refractivity contribution >= 4 is 17.4 Å². The molecule has 8 heteroatoms. The first-order valence-corrected chi connectivity index (χ1v) is 12.8. The zero-order valence-corrected chi connectivity index (χ0v) is 22.7. The van der Waals surface area contributed by atoms with E-state index in [1.165, 1.54) is 18.1 Å². The van der Waals surface area contributed by atoms with E-state index in [1.807, 2.05) is 39.0 Å². The third kappa shape index (κ3) is 5.55. The molecule has 0 aromatic heterocycles. The van der Waals surface area contributed by atoms with E-state index < -0.39 is 17.7 Å². The molecule has 0 spiro atoms. The van der Waals surface area contributed by atoms with Gasteiger partial charge in [0.2, 0.25) is 0 Å². The SMILES string of the molecule is CCOc1cc(C2/C(=C(/O)c3ccc(OC(C)C)c(C)c3)C(=O)C(=O)N2Cc2ccccc2OC)ccc1O. The average Bonchev–Trinajstić information content (AvgIpc) is 3.16. The molecule has 39 heavy (non-hydrogen) atoms. The lowest BCUT2D eigenvalue weighted by atomic mass is 9.94. The van der Waals surface area contributed by atoms with Gasteiger partial charge >= 0.3 is 0 Å². The van der Waals surface area contributed by atoms with E-state index in [0.29, 0.717) is 34.8 Å². The van der Waals surface area contributed by atoms with E-state index in [4.69, 9.17) is 14.2 Å². The second kappa shape index (κ2) is 11.5. The molecule has 1 heterocycles. The molecule has 0 aliphatic carbocycles. The highest BCUT2D eigenvalue weighted by atomic mass is 16.5. The van der Waals surface area contributed by atoms with Gasteiger partial charge in [0.15, 0.2) is 11.5 Å². The molecule has 0 saturated carbocycles. The molecule has 1 aliphatic heterocycles. The van der Waals surface area contributed by atoms with Crippen LogP contribution in [0.15, 0.2) is 66.2 Å². The largest absolute Gasteiger partial charge is 0.507 e. The molecule has 3 aromatic carbocycles. The summed E-state index contributed by atoms with van der Waals surface area (Å²) in [7, 11) is 1.54. The van der Waals surface area contributed by atoms with Crippen LogP contribution in [0.5, 0.6) is 23.0 Å². The second-order valence-electron chi connectivity index (χ2n) is 9.55. The number of ether oxygens (including phenoxy) is 3. The van der Waals surface area contributed by atoms with E-state index in [9.17, 15) is 19.8 Å². The topological polar surface area (TPSA) is 106 Å². The van der Waals surface area contributed by atoms with Crippen LogP contribution in [0, 0.1) is 6.92 Å². The average molecular weight is 532 g/mol. The van der Waals surface area contributed by atoms with Crippen molar-refractivity contribution in [2.45, 2.75) is 46.4 Å². The summed E-state index contributed by atoms with van der Waals surface area (Å²) >= 11 is 0. The van der Waals surface area contributed by atoms with Gasteiger partial charge < -0.3 is 29.3 Å². The number of rotatable bonds is 9. The molecule has 1 saturated heterocycles. The van der Waals surface area contributed by atoms with Crippen molar-refractivity contribution in [3.05, 3.63) is 88.5 Å². The summed E-state index contributed by atoms with van der Waals surface area (Å²) in [6.07, 6.45) is -0.0301. The highest BCUT2D eigenvalue weighted by Gasteiger charge is 2.46. The van der Waals surface area contributed by atoms with Crippen LogP contribution < -0.4 is 14.2 Å². The molecule has 1 fully saturated rings. The molecule has 1 unspecified atom stereocenters. The number of phenolic OH excluding ortho intramolecular Hbond substituents is 1. The Morgan fingerprint density at radius 3 is 2.41 bits per heavy atom. The summed E-state index contributed by atoms with van der Waals surface area (Å²) in [5.74, 6) is -0.493. The molecular weight excluding hydrogens is 498 g/mol. The van der Waals surface area contributed by atoms with Crippen LogP contribution in [0.4, 0.5) is 0 Å². The van der Waals surface area contributed by atoms with Gasteiger partial charge in [-0.3, -0.25) is 9.59 Å². The number of aromatic hydroxyl groups is 1. The minimum Gasteiger partial charge on any atom is -0.507 e. The van der Waals surface area contributed by atoms with Crippen LogP contribution in [0.3, 0.4) is 0 Å². The highest BCUT2D eigenvalue weighted by molar-refractivity contribution is 6.46. The number of hydrogen-bond acceptors (Lipinski definition) is 7.